The minimum Gasteiger partial charge on any atom is -0.317 e. The molecule has 142 valence electrons. The van der Waals surface area contributed by atoms with Gasteiger partial charge in [0.2, 0.25) is 10.0 Å². The van der Waals surface area contributed by atoms with Gasteiger partial charge in [-0.2, -0.15) is 4.31 Å². The molecule has 1 fully saturated rings. The van der Waals surface area contributed by atoms with Crippen molar-refractivity contribution in [2.75, 3.05) is 26.2 Å². The Bertz CT molecular complexity index is 1080. The van der Waals surface area contributed by atoms with Crippen LogP contribution in [0.25, 0.3) is 11.0 Å². The molecule has 0 amide bonds. The number of piperazine rings is 1. The Hall–Kier alpha value is -1.64. The molecule has 6 nitrogen and oxygen atoms in total. The van der Waals surface area contributed by atoms with E-state index in [-0.39, 0.29) is 9.92 Å². The molecule has 0 radical (unpaired) electrons. The van der Waals surface area contributed by atoms with Crippen LogP contribution in [0.4, 0.5) is 0 Å². The van der Waals surface area contributed by atoms with E-state index in [0.29, 0.717) is 37.9 Å². The zero-order valence-electron chi connectivity index (χ0n) is 14.4. The van der Waals surface area contributed by atoms with Gasteiger partial charge in [0.15, 0.2) is 0 Å². The molecule has 9 heteroatoms. The molecular formula is C18H18Cl2N4O2S. The lowest BCUT2D eigenvalue weighted by Crippen LogP contribution is -2.48. The lowest BCUT2D eigenvalue weighted by atomic mass is 10.3. The Morgan fingerprint density at radius 3 is 2.52 bits per heavy atom. The molecular weight excluding hydrogens is 407 g/mol. The summed E-state index contributed by atoms with van der Waals surface area (Å²) in [5.74, 6) is 0. The molecule has 0 atom stereocenters. The van der Waals surface area contributed by atoms with Gasteiger partial charge < -0.3 is 4.57 Å². The molecule has 0 bridgehead atoms. The fourth-order valence-corrected chi connectivity index (χ4v) is 5.42. The molecule has 3 aromatic rings. The van der Waals surface area contributed by atoms with Crippen LogP contribution < -0.4 is 0 Å². The van der Waals surface area contributed by atoms with Gasteiger partial charge in [0.1, 0.15) is 4.90 Å². The number of benzene rings is 2. The van der Waals surface area contributed by atoms with Gasteiger partial charge in [0.05, 0.1) is 29.1 Å². The summed E-state index contributed by atoms with van der Waals surface area (Å²) in [7, 11) is -3.66. The number of hydrogen-bond acceptors (Lipinski definition) is 4. The number of rotatable bonds is 4. The highest BCUT2D eigenvalue weighted by Gasteiger charge is 2.30. The van der Waals surface area contributed by atoms with Crippen LogP contribution in [0.1, 0.15) is 0 Å². The minimum absolute atomic E-state index is 0.0609. The van der Waals surface area contributed by atoms with E-state index in [1.807, 2.05) is 30.6 Å². The van der Waals surface area contributed by atoms with Gasteiger partial charge in [0, 0.05) is 31.2 Å². The predicted molar refractivity (Wildman–Crippen MR) is 107 cm³/mol. The standard InChI is InChI=1S/C18H18Cl2N4O2S/c19-14-5-6-15(20)18(11-14)27(25,26)24-9-7-22(8-10-24)13-23-12-21-16-3-1-2-4-17(16)23/h1-6,11-12H,7-10,13H2. The van der Waals surface area contributed by atoms with Crippen LogP contribution in [0.2, 0.25) is 10.0 Å². The van der Waals surface area contributed by atoms with E-state index in [1.165, 1.54) is 16.4 Å². The Balaban J connectivity index is 1.46. The van der Waals surface area contributed by atoms with Crippen LogP contribution in [0.5, 0.6) is 0 Å². The molecule has 0 unspecified atom stereocenters. The van der Waals surface area contributed by atoms with Crippen molar-refractivity contribution in [1.82, 2.24) is 18.8 Å². The van der Waals surface area contributed by atoms with Gasteiger partial charge in [-0.1, -0.05) is 35.3 Å². The largest absolute Gasteiger partial charge is 0.317 e. The summed E-state index contributed by atoms with van der Waals surface area (Å²) in [5.41, 5.74) is 2.02. The van der Waals surface area contributed by atoms with Gasteiger partial charge >= 0.3 is 0 Å². The van der Waals surface area contributed by atoms with Crippen molar-refractivity contribution in [3.05, 3.63) is 58.8 Å². The number of para-hydroxylation sites is 2. The van der Waals surface area contributed by atoms with E-state index >= 15 is 0 Å². The molecule has 0 saturated carbocycles. The monoisotopic (exact) mass is 424 g/mol. The van der Waals surface area contributed by atoms with Crippen LogP contribution in [0.15, 0.2) is 53.7 Å². The first-order valence-corrected chi connectivity index (χ1v) is 10.7. The van der Waals surface area contributed by atoms with Gasteiger partial charge in [-0.3, -0.25) is 4.90 Å². The highest BCUT2D eigenvalue weighted by Crippen LogP contribution is 2.28. The molecule has 1 aliphatic heterocycles. The van der Waals surface area contributed by atoms with Gasteiger partial charge in [-0.05, 0) is 30.3 Å². The topological polar surface area (TPSA) is 58.4 Å². The fourth-order valence-electron chi connectivity index (χ4n) is 3.26. The predicted octanol–water partition coefficient (Wildman–Crippen LogP) is 3.31. The lowest BCUT2D eigenvalue weighted by Gasteiger charge is -2.34. The SMILES string of the molecule is O=S(=O)(c1cc(Cl)ccc1Cl)N1CCN(Cn2cnc3ccccc32)CC1. The number of hydrogen-bond donors (Lipinski definition) is 0. The Kier molecular flexibility index (Phi) is 5.13. The summed E-state index contributed by atoms with van der Waals surface area (Å²) in [6.45, 7) is 2.73. The molecule has 0 N–H and O–H groups in total. The maximum Gasteiger partial charge on any atom is 0.244 e. The van der Waals surface area contributed by atoms with E-state index in [0.717, 1.165) is 11.0 Å². The second-order valence-corrected chi connectivity index (χ2v) is 9.19. The second kappa shape index (κ2) is 7.41. The number of halogens is 2. The first kappa shape index (κ1) is 18.7. The number of fused-ring (bicyclic) bond motifs is 1. The van der Waals surface area contributed by atoms with Gasteiger partial charge in [-0.15, -0.1) is 0 Å². The first-order valence-electron chi connectivity index (χ1n) is 8.52. The van der Waals surface area contributed by atoms with E-state index in [2.05, 4.69) is 14.5 Å². The maximum atomic E-state index is 12.9. The Morgan fingerprint density at radius 2 is 1.74 bits per heavy atom. The Labute approximate surface area is 168 Å². The highest BCUT2D eigenvalue weighted by atomic mass is 35.5. The zero-order chi connectivity index (χ0) is 19.0. The number of aromatic nitrogens is 2. The van der Waals surface area contributed by atoms with Crippen LogP contribution in [0.3, 0.4) is 0 Å². The molecule has 0 aliphatic carbocycles. The lowest BCUT2D eigenvalue weighted by molar-refractivity contribution is 0.154. The second-order valence-electron chi connectivity index (χ2n) is 6.44. The molecule has 27 heavy (non-hydrogen) atoms. The van der Waals surface area contributed by atoms with E-state index in [1.54, 1.807) is 6.07 Å². The molecule has 2 aromatic carbocycles. The summed E-state index contributed by atoms with van der Waals surface area (Å²) in [6, 6.07) is 12.5. The average Bonchev–Trinajstić information content (AvgIpc) is 3.07. The maximum absolute atomic E-state index is 12.9. The minimum atomic E-state index is -3.66. The summed E-state index contributed by atoms with van der Waals surface area (Å²) in [5, 5.41) is 0.537. The third-order valence-electron chi connectivity index (χ3n) is 4.72. The number of imidazole rings is 1. The van der Waals surface area contributed by atoms with Crippen molar-refractivity contribution >= 4 is 44.3 Å². The highest BCUT2D eigenvalue weighted by molar-refractivity contribution is 7.89. The van der Waals surface area contributed by atoms with E-state index in [9.17, 15) is 8.42 Å². The number of nitrogens with zero attached hydrogens (tertiary/aromatic N) is 4. The van der Waals surface area contributed by atoms with E-state index < -0.39 is 10.0 Å². The molecule has 1 aromatic heterocycles. The quantitative estimate of drug-likeness (QED) is 0.644. The summed E-state index contributed by atoms with van der Waals surface area (Å²) in [6.07, 6.45) is 1.82. The third kappa shape index (κ3) is 3.70. The van der Waals surface area contributed by atoms with Crippen molar-refractivity contribution in [2.45, 2.75) is 11.6 Å². The molecule has 1 aliphatic rings. The number of sulfonamides is 1. The molecule has 1 saturated heterocycles. The fraction of sp³-hybridized carbons (Fsp3) is 0.278. The van der Waals surface area contributed by atoms with Crippen LogP contribution in [0, 0.1) is 0 Å². The van der Waals surface area contributed by atoms with Gasteiger partial charge in [-0.25, -0.2) is 13.4 Å². The Morgan fingerprint density at radius 1 is 1.00 bits per heavy atom. The normalized spacial score (nSPS) is 16.8. The van der Waals surface area contributed by atoms with Crippen LogP contribution >= 0.6 is 23.2 Å². The summed E-state index contributed by atoms with van der Waals surface area (Å²) in [4.78, 5) is 6.67. The van der Waals surface area contributed by atoms with Crippen molar-refractivity contribution in [1.29, 1.82) is 0 Å². The first-order chi connectivity index (χ1) is 12.9. The van der Waals surface area contributed by atoms with Gasteiger partial charge in [0.25, 0.3) is 0 Å². The van der Waals surface area contributed by atoms with Crippen LogP contribution in [-0.2, 0) is 16.7 Å². The van der Waals surface area contributed by atoms with Crippen molar-refractivity contribution in [2.24, 2.45) is 0 Å². The third-order valence-corrected chi connectivity index (χ3v) is 7.34. The zero-order valence-corrected chi connectivity index (χ0v) is 16.8. The van der Waals surface area contributed by atoms with Crippen molar-refractivity contribution in [3.8, 4) is 0 Å². The van der Waals surface area contributed by atoms with Crippen LogP contribution in [-0.4, -0.2) is 53.4 Å². The molecule has 4 rings (SSSR count). The average molecular weight is 425 g/mol. The molecule has 2 heterocycles. The van der Waals surface area contributed by atoms with Crippen molar-refractivity contribution < 1.29 is 8.42 Å². The van der Waals surface area contributed by atoms with E-state index in [4.69, 9.17) is 23.2 Å². The summed E-state index contributed by atoms with van der Waals surface area (Å²) >= 11 is 12.0. The molecule has 0 spiro atoms. The smallest absolute Gasteiger partial charge is 0.244 e. The summed E-state index contributed by atoms with van der Waals surface area (Å²) < 4.78 is 29.4. The van der Waals surface area contributed by atoms with Crippen molar-refractivity contribution in [3.63, 3.8) is 0 Å².